The first-order valence-corrected chi connectivity index (χ1v) is 7.46. The molecule has 0 saturated heterocycles. The average Bonchev–Trinajstić information content (AvgIpc) is 2.59. The van der Waals surface area contributed by atoms with Gasteiger partial charge in [0, 0.05) is 11.8 Å². The number of benzene rings is 2. The van der Waals surface area contributed by atoms with E-state index in [4.69, 9.17) is 9.47 Å². The van der Waals surface area contributed by atoms with Crippen molar-refractivity contribution in [3.8, 4) is 11.6 Å². The molecule has 0 spiro atoms. The van der Waals surface area contributed by atoms with Crippen molar-refractivity contribution in [2.75, 3.05) is 19.0 Å². The Morgan fingerprint density at radius 3 is 2.79 bits per heavy atom. The number of hydrogen-bond donors (Lipinski definition) is 1. The van der Waals surface area contributed by atoms with Gasteiger partial charge in [-0.25, -0.2) is 4.98 Å². The lowest BCUT2D eigenvalue weighted by atomic mass is 10.2. The van der Waals surface area contributed by atoms with Crippen LogP contribution in [0.2, 0.25) is 0 Å². The number of methoxy groups -OCH3 is 1. The molecule has 0 fully saturated rings. The van der Waals surface area contributed by atoms with Crippen LogP contribution in [0.15, 0.2) is 48.5 Å². The third-order valence-electron chi connectivity index (χ3n) is 3.37. The molecule has 6 nitrogen and oxygen atoms in total. The van der Waals surface area contributed by atoms with Gasteiger partial charge >= 0.3 is 0 Å². The van der Waals surface area contributed by atoms with Crippen LogP contribution in [0.3, 0.4) is 0 Å². The molecule has 6 heteroatoms. The van der Waals surface area contributed by atoms with Crippen molar-refractivity contribution >= 4 is 22.5 Å². The second-order valence-electron chi connectivity index (χ2n) is 5.16. The number of anilines is 1. The molecule has 0 saturated carbocycles. The summed E-state index contributed by atoms with van der Waals surface area (Å²) < 4.78 is 10.7. The zero-order chi connectivity index (χ0) is 16.9. The monoisotopic (exact) mass is 323 g/mol. The Labute approximate surface area is 139 Å². The van der Waals surface area contributed by atoms with Crippen LogP contribution in [0.4, 0.5) is 5.69 Å². The molecule has 24 heavy (non-hydrogen) atoms. The summed E-state index contributed by atoms with van der Waals surface area (Å²) in [6.07, 6.45) is 0. The van der Waals surface area contributed by atoms with Gasteiger partial charge in [0.05, 0.1) is 18.0 Å². The molecule has 122 valence electrons. The number of nitrogens with zero attached hydrogens (tertiary/aromatic N) is 2. The third kappa shape index (κ3) is 3.60. The number of fused-ring (bicyclic) bond motifs is 1. The summed E-state index contributed by atoms with van der Waals surface area (Å²) >= 11 is 0. The van der Waals surface area contributed by atoms with Gasteiger partial charge in [0.2, 0.25) is 5.88 Å². The summed E-state index contributed by atoms with van der Waals surface area (Å²) in [7, 11) is 1.58. The second-order valence-corrected chi connectivity index (χ2v) is 5.16. The quantitative estimate of drug-likeness (QED) is 0.781. The minimum atomic E-state index is -0.274. The second kappa shape index (κ2) is 6.95. The van der Waals surface area contributed by atoms with Crippen LogP contribution in [-0.2, 0) is 4.79 Å². The first-order chi connectivity index (χ1) is 11.7. The summed E-state index contributed by atoms with van der Waals surface area (Å²) in [4.78, 5) is 20.7. The summed E-state index contributed by atoms with van der Waals surface area (Å²) in [5, 5.41) is 3.54. The number of aromatic nitrogens is 2. The minimum absolute atomic E-state index is 0.141. The van der Waals surface area contributed by atoms with Crippen LogP contribution >= 0.6 is 0 Å². The van der Waals surface area contributed by atoms with E-state index in [1.807, 2.05) is 30.3 Å². The highest BCUT2D eigenvalue weighted by Crippen LogP contribution is 2.22. The molecule has 0 aliphatic carbocycles. The van der Waals surface area contributed by atoms with Gasteiger partial charge in [-0.2, -0.15) is 4.98 Å². The number of para-hydroxylation sites is 1. The number of hydrogen-bond acceptors (Lipinski definition) is 5. The number of carbonyl (C=O) groups is 1. The molecule has 0 atom stereocenters. The van der Waals surface area contributed by atoms with Gasteiger partial charge in [0.1, 0.15) is 11.6 Å². The fraction of sp³-hybridized carbons (Fsp3) is 0.167. The Morgan fingerprint density at radius 2 is 1.96 bits per heavy atom. The normalized spacial score (nSPS) is 10.4. The van der Waals surface area contributed by atoms with Crippen molar-refractivity contribution in [2.24, 2.45) is 0 Å². The van der Waals surface area contributed by atoms with Crippen LogP contribution < -0.4 is 14.8 Å². The summed E-state index contributed by atoms with van der Waals surface area (Å²) in [6.45, 7) is 1.65. The highest BCUT2D eigenvalue weighted by atomic mass is 16.5. The molecule has 0 bridgehead atoms. The van der Waals surface area contributed by atoms with Gasteiger partial charge in [0.15, 0.2) is 6.61 Å². The fourth-order valence-electron chi connectivity index (χ4n) is 2.30. The number of carbonyl (C=O) groups excluding carboxylic acids is 1. The molecule has 1 amide bonds. The Balaban J connectivity index is 1.70. The third-order valence-corrected chi connectivity index (χ3v) is 3.37. The van der Waals surface area contributed by atoms with Crippen molar-refractivity contribution in [1.82, 2.24) is 9.97 Å². The predicted molar refractivity (Wildman–Crippen MR) is 91.4 cm³/mol. The van der Waals surface area contributed by atoms with Gasteiger partial charge in [-0.05, 0) is 31.2 Å². The molecule has 2 aromatic carbocycles. The molecule has 0 aliphatic heterocycles. The molecule has 3 aromatic rings. The molecule has 0 aliphatic rings. The smallest absolute Gasteiger partial charge is 0.262 e. The van der Waals surface area contributed by atoms with Crippen LogP contribution in [0.1, 0.15) is 5.82 Å². The lowest BCUT2D eigenvalue weighted by Crippen LogP contribution is -2.20. The number of aryl methyl sites for hydroxylation is 1. The zero-order valence-corrected chi connectivity index (χ0v) is 13.4. The predicted octanol–water partition coefficient (Wildman–Crippen LogP) is 2.96. The summed E-state index contributed by atoms with van der Waals surface area (Å²) in [5.41, 5.74) is 1.43. The summed E-state index contributed by atoms with van der Waals surface area (Å²) in [6, 6.07) is 14.7. The molecule has 0 unspecified atom stereocenters. The first kappa shape index (κ1) is 15.7. The van der Waals surface area contributed by atoms with Gasteiger partial charge in [-0.3, -0.25) is 4.79 Å². The van der Waals surface area contributed by atoms with E-state index >= 15 is 0 Å². The number of amides is 1. The highest BCUT2D eigenvalue weighted by Gasteiger charge is 2.09. The Bertz CT molecular complexity index is 880. The molecule has 3 rings (SSSR count). The minimum Gasteiger partial charge on any atom is -0.497 e. The topological polar surface area (TPSA) is 73.3 Å². The first-order valence-electron chi connectivity index (χ1n) is 7.46. The van der Waals surface area contributed by atoms with E-state index < -0.39 is 0 Å². The largest absolute Gasteiger partial charge is 0.497 e. The number of ether oxygens (including phenoxy) is 2. The lowest BCUT2D eigenvalue weighted by Gasteiger charge is -2.10. The van der Waals surface area contributed by atoms with E-state index in [-0.39, 0.29) is 12.5 Å². The van der Waals surface area contributed by atoms with Crippen LogP contribution in [-0.4, -0.2) is 29.6 Å². The number of rotatable bonds is 5. The van der Waals surface area contributed by atoms with Crippen molar-refractivity contribution in [1.29, 1.82) is 0 Å². The van der Waals surface area contributed by atoms with Crippen LogP contribution in [0, 0.1) is 6.92 Å². The van der Waals surface area contributed by atoms with E-state index in [0.717, 1.165) is 10.9 Å². The highest BCUT2D eigenvalue weighted by molar-refractivity contribution is 5.92. The lowest BCUT2D eigenvalue weighted by molar-refractivity contribution is -0.118. The Morgan fingerprint density at radius 1 is 1.12 bits per heavy atom. The standard InChI is InChI=1S/C18H17N3O3/c1-12-19-16-9-4-3-8-15(16)18(20-12)24-11-17(22)21-13-6-5-7-14(10-13)23-2/h3-10H,11H2,1-2H3,(H,21,22). The van der Waals surface area contributed by atoms with Gasteiger partial charge in [-0.1, -0.05) is 18.2 Å². The zero-order valence-electron chi connectivity index (χ0n) is 13.4. The van der Waals surface area contributed by atoms with Crippen LogP contribution in [0.5, 0.6) is 11.6 Å². The maximum Gasteiger partial charge on any atom is 0.262 e. The Kier molecular flexibility index (Phi) is 4.56. The molecule has 1 aromatic heterocycles. The van der Waals surface area contributed by atoms with Crippen molar-refractivity contribution < 1.29 is 14.3 Å². The van der Waals surface area contributed by atoms with Gasteiger partial charge in [-0.15, -0.1) is 0 Å². The number of nitrogens with one attached hydrogen (secondary N) is 1. The van der Waals surface area contributed by atoms with Gasteiger partial charge in [0.25, 0.3) is 5.91 Å². The maximum absolute atomic E-state index is 12.1. The molecular formula is C18H17N3O3. The fourth-order valence-corrected chi connectivity index (χ4v) is 2.30. The van der Waals surface area contributed by atoms with E-state index in [1.165, 1.54) is 0 Å². The molecule has 1 heterocycles. The molecular weight excluding hydrogens is 306 g/mol. The molecule has 1 N–H and O–H groups in total. The maximum atomic E-state index is 12.1. The average molecular weight is 323 g/mol. The van der Waals surface area contributed by atoms with E-state index in [2.05, 4.69) is 15.3 Å². The molecule has 0 radical (unpaired) electrons. The van der Waals surface area contributed by atoms with E-state index in [1.54, 1.807) is 32.2 Å². The SMILES string of the molecule is COc1cccc(NC(=O)COc2nc(C)nc3ccccc23)c1. The summed E-state index contributed by atoms with van der Waals surface area (Å²) in [5.74, 6) is 1.39. The van der Waals surface area contributed by atoms with Crippen LogP contribution in [0.25, 0.3) is 10.9 Å². The van der Waals surface area contributed by atoms with E-state index in [9.17, 15) is 4.79 Å². The van der Waals surface area contributed by atoms with Crippen molar-refractivity contribution in [3.05, 3.63) is 54.4 Å². The van der Waals surface area contributed by atoms with Crippen molar-refractivity contribution in [3.63, 3.8) is 0 Å². The van der Waals surface area contributed by atoms with Gasteiger partial charge < -0.3 is 14.8 Å². The van der Waals surface area contributed by atoms with Crippen molar-refractivity contribution in [2.45, 2.75) is 6.92 Å². The Hall–Kier alpha value is -3.15. The van der Waals surface area contributed by atoms with E-state index in [0.29, 0.717) is 23.1 Å².